The Labute approximate surface area is 117 Å². The number of hydrogen-bond acceptors (Lipinski definition) is 4. The Balaban J connectivity index is 0.00000180. The minimum atomic E-state index is -1.14. The number of benzene rings is 1. The maximum absolute atomic E-state index is 11.0. The number of rotatable bonds is 3. The van der Waals surface area contributed by atoms with Crippen molar-refractivity contribution < 1.29 is 19.7 Å². The minimum absolute atomic E-state index is 0. The Morgan fingerprint density at radius 2 is 2.00 bits per heavy atom. The van der Waals surface area contributed by atoms with E-state index in [0.29, 0.717) is 19.1 Å². The highest BCUT2D eigenvalue weighted by atomic mass is 35.5. The summed E-state index contributed by atoms with van der Waals surface area (Å²) in [6.45, 7) is 1.39. The number of carbonyl (C=O) groups is 1. The van der Waals surface area contributed by atoms with Crippen molar-refractivity contribution in [3.8, 4) is 5.75 Å². The lowest BCUT2D eigenvalue weighted by Crippen LogP contribution is -2.27. The van der Waals surface area contributed by atoms with Crippen molar-refractivity contribution in [3.63, 3.8) is 0 Å². The number of carboxylic acids is 1. The smallest absolute Gasteiger partial charge is 0.339 e. The predicted molar refractivity (Wildman–Crippen MR) is 72.8 cm³/mol. The van der Waals surface area contributed by atoms with Gasteiger partial charge in [-0.05, 0) is 36.5 Å². The van der Waals surface area contributed by atoms with Gasteiger partial charge in [0, 0.05) is 19.3 Å². The first-order chi connectivity index (χ1) is 8.59. The summed E-state index contributed by atoms with van der Waals surface area (Å²) in [5.41, 5.74) is 6.80. The van der Waals surface area contributed by atoms with Gasteiger partial charge in [-0.15, -0.1) is 12.4 Å². The summed E-state index contributed by atoms with van der Waals surface area (Å²) in [5.74, 6) is -1.08. The molecule has 1 fully saturated rings. The first kappa shape index (κ1) is 15.8. The Morgan fingerprint density at radius 3 is 2.58 bits per heavy atom. The van der Waals surface area contributed by atoms with Gasteiger partial charge in [-0.2, -0.15) is 0 Å². The number of nitrogens with two attached hydrogens (primary N) is 1. The quantitative estimate of drug-likeness (QED) is 0.790. The lowest BCUT2D eigenvalue weighted by atomic mass is 9.87. The summed E-state index contributed by atoms with van der Waals surface area (Å²) in [5, 5.41) is 18.4. The molecule has 1 saturated heterocycles. The lowest BCUT2D eigenvalue weighted by Gasteiger charge is -2.28. The van der Waals surface area contributed by atoms with Crippen molar-refractivity contribution in [2.75, 3.05) is 13.2 Å². The third-order valence-corrected chi connectivity index (χ3v) is 3.41. The highest BCUT2D eigenvalue weighted by Gasteiger charge is 2.23. The molecule has 0 aliphatic carbocycles. The summed E-state index contributed by atoms with van der Waals surface area (Å²) in [6.07, 6.45) is 1.76. The monoisotopic (exact) mass is 287 g/mol. The fourth-order valence-electron chi connectivity index (χ4n) is 2.28. The molecule has 0 spiro atoms. The average Bonchev–Trinajstić information content (AvgIpc) is 2.39. The largest absolute Gasteiger partial charge is 0.507 e. The average molecular weight is 288 g/mol. The third kappa shape index (κ3) is 3.59. The molecule has 0 saturated carbocycles. The Kier molecular flexibility index (Phi) is 5.60. The van der Waals surface area contributed by atoms with Crippen molar-refractivity contribution >= 4 is 18.4 Å². The molecule has 1 aliphatic rings. The highest BCUT2D eigenvalue weighted by molar-refractivity contribution is 5.90. The number of aromatic carboxylic acids is 1. The van der Waals surface area contributed by atoms with E-state index in [-0.39, 0.29) is 29.8 Å². The number of phenols is 1. The van der Waals surface area contributed by atoms with Crippen LogP contribution in [0.15, 0.2) is 18.2 Å². The van der Waals surface area contributed by atoms with Gasteiger partial charge in [0.15, 0.2) is 0 Å². The third-order valence-electron chi connectivity index (χ3n) is 3.41. The maximum Gasteiger partial charge on any atom is 0.339 e. The molecule has 6 heteroatoms. The van der Waals surface area contributed by atoms with Crippen molar-refractivity contribution in [2.45, 2.75) is 18.9 Å². The second-order valence-electron chi connectivity index (χ2n) is 4.56. The van der Waals surface area contributed by atoms with Crippen LogP contribution in [-0.4, -0.2) is 29.4 Å². The van der Waals surface area contributed by atoms with Crippen LogP contribution in [0.3, 0.4) is 0 Å². The first-order valence-electron chi connectivity index (χ1n) is 5.99. The molecule has 1 aromatic carbocycles. The Morgan fingerprint density at radius 1 is 1.37 bits per heavy atom. The van der Waals surface area contributed by atoms with E-state index in [4.69, 9.17) is 15.6 Å². The number of aromatic hydroxyl groups is 1. The topological polar surface area (TPSA) is 92.8 Å². The zero-order chi connectivity index (χ0) is 13.1. The Bertz CT molecular complexity index is 446. The molecule has 19 heavy (non-hydrogen) atoms. The van der Waals surface area contributed by atoms with Crippen LogP contribution in [0, 0.1) is 5.92 Å². The van der Waals surface area contributed by atoms with Crippen LogP contribution in [-0.2, 0) is 4.74 Å². The molecule has 1 aliphatic heterocycles. The van der Waals surface area contributed by atoms with Crippen LogP contribution in [0.25, 0.3) is 0 Å². The van der Waals surface area contributed by atoms with E-state index in [9.17, 15) is 9.90 Å². The van der Waals surface area contributed by atoms with Gasteiger partial charge in [-0.3, -0.25) is 0 Å². The molecule has 0 amide bonds. The van der Waals surface area contributed by atoms with Crippen LogP contribution in [0.5, 0.6) is 5.75 Å². The van der Waals surface area contributed by atoms with E-state index < -0.39 is 5.97 Å². The molecule has 0 radical (unpaired) electrons. The van der Waals surface area contributed by atoms with Crippen LogP contribution >= 0.6 is 12.4 Å². The van der Waals surface area contributed by atoms with Gasteiger partial charge in [0.05, 0.1) is 0 Å². The number of ether oxygens (including phenoxy) is 1. The second kappa shape index (κ2) is 6.75. The zero-order valence-electron chi connectivity index (χ0n) is 10.4. The van der Waals surface area contributed by atoms with Crippen LogP contribution in [0.1, 0.15) is 34.8 Å². The van der Waals surface area contributed by atoms with Gasteiger partial charge in [0.2, 0.25) is 0 Å². The van der Waals surface area contributed by atoms with E-state index >= 15 is 0 Å². The molecule has 5 nitrogen and oxygen atoms in total. The van der Waals surface area contributed by atoms with E-state index in [2.05, 4.69) is 0 Å². The summed E-state index contributed by atoms with van der Waals surface area (Å²) < 4.78 is 5.28. The van der Waals surface area contributed by atoms with Crippen LogP contribution in [0.2, 0.25) is 0 Å². The number of hydrogen-bond donors (Lipinski definition) is 3. The summed E-state index contributed by atoms with van der Waals surface area (Å²) in [6, 6.07) is 4.31. The van der Waals surface area contributed by atoms with Gasteiger partial charge >= 0.3 is 5.97 Å². The molecule has 0 bridgehead atoms. The molecule has 1 atom stereocenters. The van der Waals surface area contributed by atoms with Crippen LogP contribution in [0.4, 0.5) is 0 Å². The predicted octanol–water partition coefficient (Wildman–Crippen LogP) is 1.94. The SMILES string of the molecule is Cl.N[C@H](c1ccc(O)c(C(=O)O)c1)C1CCOCC1. The van der Waals surface area contributed by atoms with Gasteiger partial charge < -0.3 is 20.7 Å². The molecule has 1 aromatic rings. The number of carboxylic acid groups (broad SMARTS) is 1. The second-order valence-corrected chi connectivity index (χ2v) is 4.56. The van der Waals surface area contributed by atoms with Crippen LogP contribution < -0.4 is 5.73 Å². The first-order valence-corrected chi connectivity index (χ1v) is 5.99. The molecular formula is C13H18ClNO4. The van der Waals surface area contributed by atoms with Crippen molar-refractivity contribution in [1.82, 2.24) is 0 Å². The van der Waals surface area contributed by atoms with Crippen molar-refractivity contribution in [3.05, 3.63) is 29.3 Å². The molecule has 4 N–H and O–H groups in total. The molecule has 0 unspecified atom stereocenters. The molecular weight excluding hydrogens is 270 g/mol. The number of halogens is 1. The fourth-order valence-corrected chi connectivity index (χ4v) is 2.28. The fraction of sp³-hybridized carbons (Fsp3) is 0.462. The maximum atomic E-state index is 11.0. The highest BCUT2D eigenvalue weighted by Crippen LogP contribution is 2.30. The molecule has 106 valence electrons. The van der Waals surface area contributed by atoms with Gasteiger partial charge in [-0.1, -0.05) is 6.07 Å². The van der Waals surface area contributed by atoms with E-state index in [0.717, 1.165) is 18.4 Å². The Hall–Kier alpha value is -1.30. The van der Waals surface area contributed by atoms with E-state index in [1.807, 2.05) is 0 Å². The molecule has 2 rings (SSSR count). The normalized spacial score (nSPS) is 17.5. The standard InChI is InChI=1S/C13H17NO4.ClH/c14-12(8-3-5-18-6-4-8)9-1-2-11(15)10(7-9)13(16)17;/h1-2,7-8,12,15H,3-6,14H2,(H,16,17);1H/t12-;/m0./s1. The molecule has 0 aromatic heterocycles. The van der Waals surface area contributed by atoms with E-state index in [1.54, 1.807) is 6.07 Å². The molecule has 1 heterocycles. The van der Waals surface area contributed by atoms with Gasteiger partial charge in [0.25, 0.3) is 0 Å². The van der Waals surface area contributed by atoms with Gasteiger partial charge in [0.1, 0.15) is 11.3 Å². The lowest BCUT2D eigenvalue weighted by molar-refractivity contribution is 0.0582. The zero-order valence-corrected chi connectivity index (χ0v) is 11.2. The minimum Gasteiger partial charge on any atom is -0.507 e. The van der Waals surface area contributed by atoms with E-state index in [1.165, 1.54) is 12.1 Å². The van der Waals surface area contributed by atoms with Gasteiger partial charge in [-0.25, -0.2) is 4.79 Å². The summed E-state index contributed by atoms with van der Waals surface area (Å²) >= 11 is 0. The van der Waals surface area contributed by atoms with Crippen molar-refractivity contribution in [1.29, 1.82) is 0 Å². The summed E-state index contributed by atoms with van der Waals surface area (Å²) in [4.78, 5) is 11.0. The van der Waals surface area contributed by atoms with Crippen molar-refractivity contribution in [2.24, 2.45) is 11.7 Å². The summed E-state index contributed by atoms with van der Waals surface area (Å²) in [7, 11) is 0.